The Morgan fingerprint density at radius 1 is 0.857 bits per heavy atom. The van der Waals surface area contributed by atoms with Gasteiger partial charge < -0.3 is 19.1 Å². The molecule has 2 aromatic carbocycles. The number of hydrogen-bond acceptors (Lipinski definition) is 4. The van der Waals surface area contributed by atoms with Crippen LogP contribution < -0.4 is 0 Å². The molecule has 10 heteroatoms. The minimum absolute atomic E-state index is 0.0184. The predicted molar refractivity (Wildman–Crippen MR) is 155 cm³/mol. The van der Waals surface area contributed by atoms with Crippen molar-refractivity contribution in [3.8, 4) is 0 Å². The second-order valence-electron chi connectivity index (χ2n) is 12.4. The summed E-state index contributed by atoms with van der Waals surface area (Å²) in [5.41, 5.74) is 2.51. The average molecular weight is 585 g/mol. The molecular formula is C32H39F3N4O3. The van der Waals surface area contributed by atoms with Crippen LogP contribution in [0.4, 0.5) is 18.0 Å². The molecule has 2 saturated heterocycles. The van der Waals surface area contributed by atoms with Gasteiger partial charge in [-0.05, 0) is 81.0 Å². The van der Waals surface area contributed by atoms with Crippen molar-refractivity contribution in [1.29, 1.82) is 0 Å². The normalized spacial score (nSPS) is 17.6. The van der Waals surface area contributed by atoms with E-state index >= 15 is 0 Å². The van der Waals surface area contributed by atoms with Crippen LogP contribution in [0.5, 0.6) is 0 Å². The van der Waals surface area contributed by atoms with Gasteiger partial charge in [-0.2, -0.15) is 13.2 Å². The fourth-order valence-electron chi connectivity index (χ4n) is 5.88. The molecular weight excluding hydrogens is 545 g/mol. The number of piperidine rings is 1. The number of likely N-dealkylation sites (tertiary alicyclic amines) is 1. The third-order valence-corrected chi connectivity index (χ3v) is 8.25. The summed E-state index contributed by atoms with van der Waals surface area (Å²) in [6.45, 7) is 9.90. The van der Waals surface area contributed by atoms with Crippen LogP contribution in [0.3, 0.4) is 0 Å². The highest BCUT2D eigenvalue weighted by Gasteiger charge is 2.31. The zero-order chi connectivity index (χ0) is 30.2. The molecule has 0 spiro atoms. The zero-order valence-electron chi connectivity index (χ0n) is 24.7. The van der Waals surface area contributed by atoms with E-state index in [1.165, 1.54) is 17.7 Å². The van der Waals surface area contributed by atoms with Gasteiger partial charge in [0.2, 0.25) is 0 Å². The van der Waals surface area contributed by atoms with Crippen LogP contribution in [0.15, 0.2) is 48.5 Å². The highest BCUT2D eigenvalue weighted by Crippen LogP contribution is 2.32. The second-order valence-corrected chi connectivity index (χ2v) is 12.4. The van der Waals surface area contributed by atoms with E-state index < -0.39 is 17.3 Å². The smallest absolute Gasteiger partial charge is 0.416 e. The maximum Gasteiger partial charge on any atom is 0.416 e. The Kier molecular flexibility index (Phi) is 8.29. The van der Waals surface area contributed by atoms with E-state index in [1.54, 1.807) is 4.90 Å². The fourth-order valence-corrected chi connectivity index (χ4v) is 5.88. The molecule has 7 nitrogen and oxygen atoms in total. The number of alkyl halides is 3. The minimum Gasteiger partial charge on any atom is -0.444 e. The minimum atomic E-state index is -4.34. The first-order valence-corrected chi connectivity index (χ1v) is 14.5. The fraction of sp³-hybridized carbons (Fsp3) is 0.500. The second kappa shape index (κ2) is 11.6. The molecule has 2 fully saturated rings. The SMILES string of the molecule is Cn1c(C(=O)N2CCN(Cc3ccc(C(F)(F)F)cc3)CC2)cc2cc(C3CCN(C(=O)OC(C)(C)C)CC3)ccc21. The van der Waals surface area contributed by atoms with E-state index in [-0.39, 0.29) is 12.0 Å². The highest BCUT2D eigenvalue weighted by molar-refractivity contribution is 5.99. The molecule has 0 aliphatic carbocycles. The number of benzene rings is 2. The topological polar surface area (TPSA) is 58.0 Å². The summed E-state index contributed by atoms with van der Waals surface area (Å²) >= 11 is 0. The van der Waals surface area contributed by atoms with Crippen LogP contribution in [-0.4, -0.2) is 76.1 Å². The van der Waals surface area contributed by atoms with Gasteiger partial charge in [0.25, 0.3) is 5.91 Å². The molecule has 0 saturated carbocycles. The number of aryl methyl sites for hydroxylation is 1. The lowest BCUT2D eigenvalue weighted by Gasteiger charge is -2.34. The lowest BCUT2D eigenvalue weighted by atomic mass is 9.89. The van der Waals surface area contributed by atoms with Crippen molar-refractivity contribution in [2.75, 3.05) is 39.3 Å². The molecule has 1 aromatic heterocycles. The van der Waals surface area contributed by atoms with Crippen LogP contribution in [0.1, 0.15) is 66.7 Å². The maximum absolute atomic E-state index is 13.5. The van der Waals surface area contributed by atoms with Crippen molar-refractivity contribution in [2.45, 2.75) is 57.9 Å². The Labute approximate surface area is 244 Å². The summed E-state index contributed by atoms with van der Waals surface area (Å²) in [6.07, 6.45) is -2.88. The van der Waals surface area contributed by atoms with Gasteiger partial charge in [0.15, 0.2) is 0 Å². The first kappa shape index (κ1) is 29.9. The van der Waals surface area contributed by atoms with Gasteiger partial charge >= 0.3 is 12.3 Å². The number of hydrogen-bond donors (Lipinski definition) is 0. The van der Waals surface area contributed by atoms with Crippen LogP contribution in [0.25, 0.3) is 10.9 Å². The first-order chi connectivity index (χ1) is 19.8. The maximum atomic E-state index is 13.5. The average Bonchev–Trinajstić information content (AvgIpc) is 3.27. The standard InChI is InChI=1S/C32H39F3N4O3/c1-31(2,3)42-30(41)39-13-11-23(12-14-39)24-7-10-27-25(19-24)20-28(36(27)4)29(40)38-17-15-37(16-18-38)21-22-5-8-26(9-6-22)32(33,34)35/h5-10,19-20,23H,11-18,21H2,1-4H3. The number of fused-ring (bicyclic) bond motifs is 1. The Hall–Kier alpha value is -3.53. The van der Waals surface area contributed by atoms with Crippen molar-refractivity contribution in [1.82, 2.24) is 19.3 Å². The monoisotopic (exact) mass is 584 g/mol. The molecule has 0 N–H and O–H groups in total. The van der Waals surface area contributed by atoms with Gasteiger partial charge in [0, 0.05) is 63.8 Å². The van der Waals surface area contributed by atoms with E-state index in [0.717, 1.165) is 41.4 Å². The largest absolute Gasteiger partial charge is 0.444 e. The number of carbonyl (C=O) groups excluding carboxylic acids is 2. The van der Waals surface area contributed by atoms with Crippen LogP contribution in [0, 0.1) is 0 Å². The lowest BCUT2D eigenvalue weighted by molar-refractivity contribution is -0.137. The number of amides is 2. The van der Waals surface area contributed by atoms with Gasteiger partial charge in [-0.15, -0.1) is 0 Å². The lowest BCUT2D eigenvalue weighted by Crippen LogP contribution is -2.48. The molecule has 42 heavy (non-hydrogen) atoms. The van der Waals surface area contributed by atoms with Gasteiger partial charge in [-0.1, -0.05) is 18.2 Å². The predicted octanol–water partition coefficient (Wildman–Crippen LogP) is 6.27. The van der Waals surface area contributed by atoms with Crippen molar-refractivity contribution in [3.63, 3.8) is 0 Å². The van der Waals surface area contributed by atoms with E-state index in [1.807, 2.05) is 43.4 Å². The van der Waals surface area contributed by atoms with Crippen molar-refractivity contribution < 1.29 is 27.5 Å². The molecule has 3 heterocycles. The van der Waals surface area contributed by atoms with Gasteiger partial charge in [-0.25, -0.2) is 4.79 Å². The molecule has 2 amide bonds. The molecule has 0 atom stereocenters. The molecule has 2 aliphatic rings. The van der Waals surface area contributed by atoms with E-state index in [2.05, 4.69) is 23.1 Å². The number of aromatic nitrogens is 1. The van der Waals surface area contributed by atoms with Gasteiger partial charge in [-0.3, -0.25) is 9.69 Å². The Morgan fingerprint density at radius 2 is 1.50 bits per heavy atom. The number of rotatable bonds is 4. The van der Waals surface area contributed by atoms with E-state index in [9.17, 15) is 22.8 Å². The third-order valence-electron chi connectivity index (χ3n) is 8.25. The molecule has 5 rings (SSSR count). The van der Waals surface area contributed by atoms with Crippen LogP contribution >= 0.6 is 0 Å². The van der Waals surface area contributed by atoms with Gasteiger partial charge in [0.05, 0.1) is 5.56 Å². The number of nitrogens with zero attached hydrogens (tertiary/aromatic N) is 4. The van der Waals surface area contributed by atoms with Gasteiger partial charge in [0.1, 0.15) is 11.3 Å². The molecule has 0 radical (unpaired) electrons. The van der Waals surface area contributed by atoms with Crippen molar-refractivity contribution >= 4 is 22.9 Å². The number of piperazine rings is 1. The van der Waals surface area contributed by atoms with Crippen molar-refractivity contribution in [2.24, 2.45) is 7.05 Å². The molecule has 0 bridgehead atoms. The molecule has 3 aromatic rings. The zero-order valence-corrected chi connectivity index (χ0v) is 24.7. The Morgan fingerprint density at radius 3 is 2.10 bits per heavy atom. The van der Waals surface area contributed by atoms with E-state index in [4.69, 9.17) is 4.74 Å². The Balaban J connectivity index is 1.18. The summed E-state index contributed by atoms with van der Waals surface area (Å²) in [6, 6.07) is 13.6. The van der Waals surface area contributed by atoms with Crippen molar-refractivity contribution in [3.05, 3.63) is 70.9 Å². The van der Waals surface area contributed by atoms with Crippen LogP contribution in [0.2, 0.25) is 0 Å². The number of ether oxygens (including phenoxy) is 1. The third kappa shape index (κ3) is 6.75. The summed E-state index contributed by atoms with van der Waals surface area (Å²) in [7, 11) is 1.91. The quantitative estimate of drug-likeness (QED) is 0.363. The van der Waals surface area contributed by atoms with E-state index in [0.29, 0.717) is 57.4 Å². The van der Waals surface area contributed by atoms with Crippen LogP contribution in [-0.2, 0) is 24.5 Å². The Bertz CT molecular complexity index is 1430. The summed E-state index contributed by atoms with van der Waals surface area (Å²) in [5.74, 6) is 0.320. The summed E-state index contributed by atoms with van der Waals surface area (Å²) in [5, 5.41) is 1.02. The first-order valence-electron chi connectivity index (χ1n) is 14.5. The molecule has 0 unspecified atom stereocenters. The number of carbonyl (C=O) groups is 2. The highest BCUT2D eigenvalue weighted by atomic mass is 19.4. The summed E-state index contributed by atoms with van der Waals surface area (Å²) in [4.78, 5) is 31.7. The number of halogens is 3. The summed E-state index contributed by atoms with van der Waals surface area (Å²) < 4.78 is 46.0. The molecule has 2 aliphatic heterocycles. The molecule has 226 valence electrons.